The van der Waals surface area contributed by atoms with Gasteiger partial charge in [0.1, 0.15) is 0 Å². The van der Waals surface area contributed by atoms with E-state index in [1.165, 1.54) is 0 Å². The van der Waals surface area contributed by atoms with Gasteiger partial charge in [0.15, 0.2) is 0 Å². The first kappa shape index (κ1) is 9.79. The maximum absolute atomic E-state index is 12.1. The van der Waals surface area contributed by atoms with E-state index in [0.717, 1.165) is 6.07 Å². The summed E-state index contributed by atoms with van der Waals surface area (Å²) in [5.74, 6) is 0. The smallest absolute Gasteiger partial charge is 0.328 e. The average molecular weight is 192 g/mol. The molecule has 0 radical (unpaired) electrons. The van der Waals surface area contributed by atoms with Crippen molar-refractivity contribution in [3.05, 3.63) is 33.7 Å². The molecule has 0 amide bonds. The summed E-state index contributed by atoms with van der Waals surface area (Å²) < 4.78 is 36.2. The molecule has 1 aromatic heterocycles. The molecular weight excluding hydrogens is 185 g/mol. The molecule has 0 saturated carbocycles. The fraction of sp³-hybridized carbons (Fsp3) is 0.286. The zero-order valence-electron chi connectivity index (χ0n) is 6.48. The van der Waals surface area contributed by atoms with Crippen LogP contribution in [0.2, 0.25) is 0 Å². The summed E-state index contributed by atoms with van der Waals surface area (Å²) >= 11 is 0. The first-order chi connectivity index (χ1) is 5.95. The molecule has 0 saturated heterocycles. The van der Waals surface area contributed by atoms with Gasteiger partial charge in [0, 0.05) is 18.3 Å². The van der Waals surface area contributed by atoms with Gasteiger partial charge in [-0.3, -0.25) is 4.79 Å². The Kier molecular flexibility index (Phi) is 2.42. The predicted molar refractivity (Wildman–Crippen MR) is 40.0 cm³/mol. The number of aromatic nitrogens is 1. The summed E-state index contributed by atoms with van der Waals surface area (Å²) in [6.07, 6.45) is -3.82. The van der Waals surface area contributed by atoms with Crippen LogP contribution in [-0.2, 0) is 12.7 Å². The molecule has 0 spiro atoms. The summed E-state index contributed by atoms with van der Waals surface area (Å²) in [6.45, 7) is -0.209. The largest absolute Gasteiger partial charge is 0.417 e. The average Bonchev–Trinajstić information content (AvgIpc) is 2.03. The van der Waals surface area contributed by atoms with E-state index in [4.69, 9.17) is 5.73 Å². The zero-order valence-corrected chi connectivity index (χ0v) is 6.48. The number of nitrogens with two attached hydrogens (primary N) is 1. The Hall–Kier alpha value is -1.30. The molecule has 6 heteroatoms. The third-order valence-electron chi connectivity index (χ3n) is 1.53. The van der Waals surface area contributed by atoms with Crippen LogP contribution in [0.3, 0.4) is 0 Å². The lowest BCUT2D eigenvalue weighted by molar-refractivity contribution is -0.137. The minimum Gasteiger partial charge on any atom is -0.328 e. The van der Waals surface area contributed by atoms with Gasteiger partial charge in [0.25, 0.3) is 5.56 Å². The van der Waals surface area contributed by atoms with Gasteiger partial charge >= 0.3 is 6.18 Å². The van der Waals surface area contributed by atoms with Crippen LogP contribution in [0.1, 0.15) is 11.1 Å². The zero-order chi connectivity index (χ0) is 10.1. The summed E-state index contributed by atoms with van der Waals surface area (Å²) in [5.41, 5.74) is 3.52. The van der Waals surface area contributed by atoms with E-state index < -0.39 is 17.3 Å². The SMILES string of the molecule is NCc1cc(C(F)(F)F)c[nH]c1=O. The summed E-state index contributed by atoms with van der Waals surface area (Å²) in [7, 11) is 0. The normalized spacial score (nSPS) is 11.7. The molecule has 72 valence electrons. The predicted octanol–water partition coefficient (Wildman–Crippen LogP) is 0.852. The van der Waals surface area contributed by atoms with Crippen molar-refractivity contribution in [2.45, 2.75) is 12.7 Å². The van der Waals surface area contributed by atoms with Crippen LogP contribution in [0.5, 0.6) is 0 Å². The van der Waals surface area contributed by atoms with Crippen molar-refractivity contribution in [3.8, 4) is 0 Å². The van der Waals surface area contributed by atoms with E-state index in [9.17, 15) is 18.0 Å². The number of nitrogens with one attached hydrogen (secondary N) is 1. The monoisotopic (exact) mass is 192 g/mol. The van der Waals surface area contributed by atoms with E-state index in [2.05, 4.69) is 0 Å². The summed E-state index contributed by atoms with van der Waals surface area (Å²) in [5, 5.41) is 0. The minimum atomic E-state index is -4.45. The number of pyridine rings is 1. The first-order valence-electron chi connectivity index (χ1n) is 3.44. The molecule has 0 unspecified atom stereocenters. The second kappa shape index (κ2) is 3.21. The van der Waals surface area contributed by atoms with Crippen molar-refractivity contribution in [2.24, 2.45) is 5.73 Å². The van der Waals surface area contributed by atoms with E-state index in [1.807, 2.05) is 4.98 Å². The van der Waals surface area contributed by atoms with Crippen LogP contribution in [0.15, 0.2) is 17.1 Å². The van der Waals surface area contributed by atoms with Gasteiger partial charge in [-0.15, -0.1) is 0 Å². The van der Waals surface area contributed by atoms with Gasteiger partial charge in [-0.05, 0) is 6.07 Å². The van der Waals surface area contributed by atoms with Crippen molar-refractivity contribution < 1.29 is 13.2 Å². The van der Waals surface area contributed by atoms with Gasteiger partial charge in [-0.1, -0.05) is 0 Å². The molecule has 0 aliphatic carbocycles. The number of alkyl halides is 3. The Morgan fingerprint density at radius 1 is 1.46 bits per heavy atom. The number of hydrogen-bond acceptors (Lipinski definition) is 2. The summed E-state index contributed by atoms with van der Waals surface area (Å²) in [4.78, 5) is 12.8. The van der Waals surface area contributed by atoms with E-state index >= 15 is 0 Å². The lowest BCUT2D eigenvalue weighted by Gasteiger charge is -2.06. The van der Waals surface area contributed by atoms with Gasteiger partial charge in [-0.25, -0.2) is 0 Å². The van der Waals surface area contributed by atoms with Crippen molar-refractivity contribution in [3.63, 3.8) is 0 Å². The van der Waals surface area contributed by atoms with E-state index in [0.29, 0.717) is 6.20 Å². The van der Waals surface area contributed by atoms with Gasteiger partial charge < -0.3 is 10.7 Å². The molecule has 0 aliphatic rings. The van der Waals surface area contributed by atoms with Crippen molar-refractivity contribution >= 4 is 0 Å². The molecule has 1 heterocycles. The van der Waals surface area contributed by atoms with Crippen molar-refractivity contribution in [1.29, 1.82) is 0 Å². The second-order valence-electron chi connectivity index (χ2n) is 2.44. The van der Waals surface area contributed by atoms with Crippen LogP contribution >= 0.6 is 0 Å². The highest BCUT2D eigenvalue weighted by molar-refractivity contribution is 5.20. The molecule has 0 fully saturated rings. The molecule has 0 atom stereocenters. The van der Waals surface area contributed by atoms with Crippen LogP contribution in [0.4, 0.5) is 13.2 Å². The third kappa shape index (κ3) is 2.09. The Balaban J connectivity index is 3.22. The first-order valence-corrected chi connectivity index (χ1v) is 3.44. The third-order valence-corrected chi connectivity index (χ3v) is 1.53. The lowest BCUT2D eigenvalue weighted by Crippen LogP contribution is -2.18. The van der Waals surface area contributed by atoms with Gasteiger partial charge in [0.05, 0.1) is 5.56 Å². The Morgan fingerprint density at radius 3 is 2.54 bits per heavy atom. The van der Waals surface area contributed by atoms with Crippen molar-refractivity contribution in [2.75, 3.05) is 0 Å². The topological polar surface area (TPSA) is 58.9 Å². The summed E-state index contributed by atoms with van der Waals surface area (Å²) in [6, 6.07) is 0.749. The lowest BCUT2D eigenvalue weighted by atomic mass is 10.2. The molecule has 3 nitrogen and oxygen atoms in total. The molecule has 3 N–H and O–H groups in total. The number of aromatic amines is 1. The van der Waals surface area contributed by atoms with Crippen molar-refractivity contribution in [1.82, 2.24) is 4.98 Å². The van der Waals surface area contributed by atoms with Crippen LogP contribution in [0, 0.1) is 0 Å². The molecule has 0 aliphatic heterocycles. The van der Waals surface area contributed by atoms with E-state index in [-0.39, 0.29) is 12.1 Å². The van der Waals surface area contributed by atoms with Crippen LogP contribution in [0.25, 0.3) is 0 Å². The Labute approximate surface area is 71.4 Å². The maximum atomic E-state index is 12.1. The van der Waals surface area contributed by atoms with Crippen LogP contribution in [-0.4, -0.2) is 4.98 Å². The Morgan fingerprint density at radius 2 is 2.08 bits per heavy atom. The van der Waals surface area contributed by atoms with Crippen LogP contribution < -0.4 is 11.3 Å². The second-order valence-corrected chi connectivity index (χ2v) is 2.44. The van der Waals surface area contributed by atoms with E-state index in [1.54, 1.807) is 0 Å². The highest BCUT2D eigenvalue weighted by atomic mass is 19.4. The molecule has 0 bridgehead atoms. The highest BCUT2D eigenvalue weighted by Gasteiger charge is 2.31. The molecule has 1 aromatic rings. The standard InChI is InChI=1S/C7H7F3N2O/c8-7(9,10)5-1-4(2-11)6(13)12-3-5/h1,3H,2,11H2,(H,12,13). The fourth-order valence-electron chi connectivity index (χ4n) is 0.846. The molecular formula is C7H7F3N2O. The van der Waals surface area contributed by atoms with Gasteiger partial charge in [0.2, 0.25) is 0 Å². The number of H-pyrrole nitrogens is 1. The maximum Gasteiger partial charge on any atom is 0.417 e. The van der Waals surface area contributed by atoms with Gasteiger partial charge in [-0.2, -0.15) is 13.2 Å². The highest BCUT2D eigenvalue weighted by Crippen LogP contribution is 2.28. The quantitative estimate of drug-likeness (QED) is 0.693. The molecule has 1 rings (SSSR count). The number of halogens is 3. The molecule has 0 aromatic carbocycles. The number of hydrogen-bond donors (Lipinski definition) is 2. The molecule has 13 heavy (non-hydrogen) atoms. The minimum absolute atomic E-state index is 0.0742. The fourth-order valence-corrected chi connectivity index (χ4v) is 0.846. The number of rotatable bonds is 1. The Bertz CT molecular complexity index is 355.